The van der Waals surface area contributed by atoms with Crippen LogP contribution in [-0.2, 0) is 25.3 Å². The van der Waals surface area contributed by atoms with Gasteiger partial charge in [-0.15, -0.1) is 4.21 Å². The monoisotopic (exact) mass is 217 g/mol. The van der Waals surface area contributed by atoms with Crippen LogP contribution in [-0.4, -0.2) is 23.3 Å². The van der Waals surface area contributed by atoms with Crippen LogP contribution >= 0.6 is 0 Å². The van der Waals surface area contributed by atoms with Crippen LogP contribution in [0.1, 0.15) is 0 Å². The molecule has 1 atom stereocenters. The molecule has 0 saturated heterocycles. The molecule has 0 radical (unpaired) electrons. The summed E-state index contributed by atoms with van der Waals surface area (Å²) >= 11 is -0.957. The van der Waals surface area contributed by atoms with Gasteiger partial charge in [0.25, 0.3) is 0 Å². The summed E-state index contributed by atoms with van der Waals surface area (Å²) in [6.07, 6.45) is 5.03. The lowest BCUT2D eigenvalue weighted by molar-refractivity contribution is 0.590. The summed E-state index contributed by atoms with van der Waals surface area (Å²) in [4.78, 5) is 1.58. The zero-order chi connectivity index (χ0) is 10.1. The van der Waals surface area contributed by atoms with E-state index in [0.717, 1.165) is 9.79 Å². The normalized spacial score (nSPS) is 14.2. The van der Waals surface area contributed by atoms with Crippen molar-refractivity contribution in [1.29, 1.82) is 0 Å². The minimum absolute atomic E-state index is 0.771. The number of hydrogen-bond donors (Lipinski definition) is 0. The molecule has 0 saturated carbocycles. The highest BCUT2D eigenvalue weighted by atomic mass is 32.2. The molecule has 4 heteroatoms. The predicted molar refractivity (Wildman–Crippen MR) is 56.9 cm³/mol. The van der Waals surface area contributed by atoms with E-state index < -0.39 is 21.1 Å². The van der Waals surface area contributed by atoms with Gasteiger partial charge in [-0.3, -0.25) is 0 Å². The van der Waals surface area contributed by atoms with E-state index in [1.165, 1.54) is 0 Å². The topological polar surface area (TPSA) is 40.1 Å². The average molecular weight is 217 g/mol. The molecule has 72 valence electrons. The van der Waals surface area contributed by atoms with Crippen molar-refractivity contribution in [2.24, 2.45) is 0 Å². The van der Waals surface area contributed by atoms with Crippen molar-refractivity contribution in [3.63, 3.8) is 0 Å². The van der Waals surface area contributed by atoms with E-state index in [9.17, 15) is 8.76 Å². The molecule has 0 aliphatic carbocycles. The highest BCUT2D eigenvalue weighted by Gasteiger charge is 2.17. The molecule has 1 rings (SSSR count). The van der Waals surface area contributed by atoms with Gasteiger partial charge < -0.3 is 4.55 Å². The summed E-state index contributed by atoms with van der Waals surface area (Å²) < 4.78 is 22.6. The highest BCUT2D eigenvalue weighted by Crippen LogP contribution is 2.17. The lowest BCUT2D eigenvalue weighted by Gasteiger charge is -2.04. The molecule has 0 N–H and O–H groups in total. The smallest absolute Gasteiger partial charge is 0.157 e. The van der Waals surface area contributed by atoms with Gasteiger partial charge in [-0.05, 0) is 35.4 Å². The number of rotatable bonds is 2. The minimum Gasteiger partial charge on any atom is -0.612 e. The van der Waals surface area contributed by atoms with Crippen LogP contribution in [0, 0.1) is 0 Å². The SMILES string of the molecule is C[S+]([O-])c1ccc([S+](C)(C)=O)cc1. The lowest BCUT2D eigenvalue weighted by Crippen LogP contribution is -2.05. The fraction of sp³-hybridized carbons (Fsp3) is 0.333. The van der Waals surface area contributed by atoms with Crippen LogP contribution in [0.5, 0.6) is 0 Å². The molecule has 0 aliphatic heterocycles. The molecule has 0 bridgehead atoms. The van der Waals surface area contributed by atoms with Crippen LogP contribution in [0.25, 0.3) is 0 Å². The Morgan fingerprint density at radius 1 is 1.23 bits per heavy atom. The van der Waals surface area contributed by atoms with Crippen molar-refractivity contribution in [3.8, 4) is 0 Å². The molecule has 0 aromatic heterocycles. The maximum Gasteiger partial charge on any atom is 0.157 e. The van der Waals surface area contributed by atoms with E-state index in [1.807, 2.05) is 0 Å². The Morgan fingerprint density at radius 3 is 2.00 bits per heavy atom. The van der Waals surface area contributed by atoms with E-state index in [0.29, 0.717) is 0 Å². The summed E-state index contributed by atoms with van der Waals surface area (Å²) in [5.41, 5.74) is 0. The third-order valence-corrected chi connectivity index (χ3v) is 4.07. The first kappa shape index (κ1) is 10.8. The molecule has 2 nitrogen and oxygen atoms in total. The second kappa shape index (κ2) is 3.82. The summed E-state index contributed by atoms with van der Waals surface area (Å²) in [7, 11) is -1.89. The van der Waals surface area contributed by atoms with E-state index in [4.69, 9.17) is 0 Å². The maximum absolute atomic E-state index is 11.6. The van der Waals surface area contributed by atoms with Gasteiger partial charge in [-0.25, -0.2) is 0 Å². The van der Waals surface area contributed by atoms with Gasteiger partial charge >= 0.3 is 0 Å². The molecule has 1 aromatic rings. The van der Waals surface area contributed by atoms with Gasteiger partial charge in [0.1, 0.15) is 28.7 Å². The van der Waals surface area contributed by atoms with Crippen LogP contribution < -0.4 is 0 Å². The number of hydrogen-bond acceptors (Lipinski definition) is 2. The van der Waals surface area contributed by atoms with Gasteiger partial charge in [0.15, 0.2) is 9.79 Å². The molecule has 13 heavy (non-hydrogen) atoms. The molecule has 0 fully saturated rings. The van der Waals surface area contributed by atoms with E-state index >= 15 is 0 Å². The first-order valence-electron chi connectivity index (χ1n) is 3.79. The van der Waals surface area contributed by atoms with Gasteiger partial charge in [0, 0.05) is 0 Å². The number of benzene rings is 1. The average Bonchev–Trinajstić information content (AvgIpc) is 2.03. The van der Waals surface area contributed by atoms with Gasteiger partial charge in [-0.1, -0.05) is 0 Å². The van der Waals surface area contributed by atoms with Crippen molar-refractivity contribution < 1.29 is 8.76 Å². The Kier molecular flexibility index (Phi) is 3.16. The Labute approximate surface area is 83.0 Å². The molecule has 0 amide bonds. The highest BCUT2D eigenvalue weighted by molar-refractivity contribution is 8.01. The fourth-order valence-electron chi connectivity index (χ4n) is 0.959. The molecule has 1 aromatic carbocycles. The Hall–Kier alpha value is -0.320. The van der Waals surface area contributed by atoms with Crippen LogP contribution in [0.2, 0.25) is 0 Å². The molecule has 0 spiro atoms. The second-order valence-corrected chi connectivity index (χ2v) is 7.48. The van der Waals surface area contributed by atoms with Crippen molar-refractivity contribution in [2.75, 3.05) is 18.8 Å². The van der Waals surface area contributed by atoms with Gasteiger partial charge in [0.05, 0.1) is 0 Å². The van der Waals surface area contributed by atoms with E-state index in [1.54, 1.807) is 43.0 Å². The first-order chi connectivity index (χ1) is 5.91. The van der Waals surface area contributed by atoms with Crippen LogP contribution in [0.15, 0.2) is 34.1 Å². The third kappa shape index (κ3) is 2.83. The minimum atomic E-state index is -1.89. The zero-order valence-corrected chi connectivity index (χ0v) is 9.58. The third-order valence-electron chi connectivity index (χ3n) is 1.72. The lowest BCUT2D eigenvalue weighted by atomic mass is 10.4. The first-order valence-corrected chi connectivity index (χ1v) is 7.72. The standard InChI is InChI=1S/C9H13O2S2/c1-12(10)8-4-6-9(7-5-8)13(2,3)11/h4-7H,1-3H3/q+1. The molecular weight excluding hydrogens is 204 g/mol. The Bertz CT molecular complexity index is 324. The summed E-state index contributed by atoms with van der Waals surface area (Å²) in [5, 5.41) is 0. The predicted octanol–water partition coefficient (Wildman–Crippen LogP) is 1.54. The largest absolute Gasteiger partial charge is 0.612 e. The summed E-state index contributed by atoms with van der Waals surface area (Å²) in [6, 6.07) is 7.08. The van der Waals surface area contributed by atoms with Crippen LogP contribution in [0.4, 0.5) is 0 Å². The maximum atomic E-state index is 11.6. The second-order valence-electron chi connectivity index (χ2n) is 3.16. The van der Waals surface area contributed by atoms with Crippen molar-refractivity contribution >= 4 is 21.1 Å². The Balaban J connectivity index is 3.01. The van der Waals surface area contributed by atoms with Crippen molar-refractivity contribution in [1.82, 2.24) is 0 Å². The van der Waals surface area contributed by atoms with Crippen molar-refractivity contribution in [2.45, 2.75) is 9.79 Å². The fourth-order valence-corrected chi connectivity index (χ4v) is 2.27. The molecule has 0 heterocycles. The van der Waals surface area contributed by atoms with E-state index in [2.05, 4.69) is 0 Å². The molecular formula is C9H13O2S2+. The van der Waals surface area contributed by atoms with Gasteiger partial charge in [-0.2, -0.15) is 0 Å². The summed E-state index contributed by atoms with van der Waals surface area (Å²) in [5.74, 6) is 0. The Morgan fingerprint density at radius 2 is 1.69 bits per heavy atom. The summed E-state index contributed by atoms with van der Waals surface area (Å²) in [6.45, 7) is 0. The van der Waals surface area contributed by atoms with Crippen LogP contribution in [0.3, 0.4) is 0 Å². The van der Waals surface area contributed by atoms with Gasteiger partial charge in [0.2, 0.25) is 0 Å². The zero-order valence-electron chi connectivity index (χ0n) is 7.94. The quantitative estimate of drug-likeness (QED) is 0.705. The molecule has 1 unspecified atom stereocenters. The molecule has 0 aliphatic rings. The van der Waals surface area contributed by atoms with E-state index in [-0.39, 0.29) is 0 Å². The van der Waals surface area contributed by atoms with Crippen molar-refractivity contribution in [3.05, 3.63) is 24.3 Å².